The molecule has 0 radical (unpaired) electrons. The molecule has 2 aromatic heterocycles. The summed E-state index contributed by atoms with van der Waals surface area (Å²) in [6.45, 7) is 3.72. The standard InChI is InChI=1S/C27H23ClN4O3/c1-15-10-12-18(14-19(15)28)29-27(34)25-16(2)24-21(8-5-9-23(24)35-25)31-32-26(33)22-13-11-17-6-3-4-7-20(17)30-22/h3-4,6-7,10-14H,5,8-9H2,1-2H3,(H,29,34)(H,32,33)/b31-21+. The maximum absolute atomic E-state index is 12.9. The summed E-state index contributed by atoms with van der Waals surface area (Å²) in [7, 11) is 0. The molecule has 176 valence electrons. The van der Waals surface area contributed by atoms with Crippen molar-refractivity contribution in [1.29, 1.82) is 0 Å². The van der Waals surface area contributed by atoms with Crippen LogP contribution in [0, 0.1) is 13.8 Å². The molecule has 0 spiro atoms. The maximum Gasteiger partial charge on any atom is 0.291 e. The number of carbonyl (C=O) groups excluding carboxylic acids is 2. The number of amides is 2. The average Bonchev–Trinajstić information content (AvgIpc) is 3.21. The number of fused-ring (bicyclic) bond motifs is 2. The van der Waals surface area contributed by atoms with E-state index in [-0.39, 0.29) is 17.4 Å². The van der Waals surface area contributed by atoms with Crippen molar-refractivity contribution in [2.75, 3.05) is 5.32 Å². The van der Waals surface area contributed by atoms with Gasteiger partial charge in [0.15, 0.2) is 5.76 Å². The number of nitrogens with one attached hydrogen (secondary N) is 2. The summed E-state index contributed by atoms with van der Waals surface area (Å²) in [6.07, 6.45) is 2.16. The van der Waals surface area contributed by atoms with Gasteiger partial charge in [-0.25, -0.2) is 10.4 Å². The van der Waals surface area contributed by atoms with Crippen LogP contribution < -0.4 is 10.7 Å². The Morgan fingerprint density at radius 1 is 1.03 bits per heavy atom. The van der Waals surface area contributed by atoms with Gasteiger partial charge in [-0.05, 0) is 56.5 Å². The first kappa shape index (κ1) is 22.8. The van der Waals surface area contributed by atoms with E-state index in [1.807, 2.05) is 50.2 Å². The number of aromatic nitrogens is 1. The highest BCUT2D eigenvalue weighted by Crippen LogP contribution is 2.30. The monoisotopic (exact) mass is 486 g/mol. The number of hydrogen-bond acceptors (Lipinski definition) is 5. The van der Waals surface area contributed by atoms with E-state index in [0.717, 1.165) is 28.5 Å². The molecule has 2 amide bonds. The molecule has 0 saturated heterocycles. The van der Waals surface area contributed by atoms with Gasteiger partial charge < -0.3 is 9.73 Å². The van der Waals surface area contributed by atoms with Gasteiger partial charge in [0.1, 0.15) is 11.5 Å². The first-order valence-corrected chi connectivity index (χ1v) is 11.7. The lowest BCUT2D eigenvalue weighted by atomic mass is 9.93. The third-order valence-corrected chi connectivity index (χ3v) is 6.49. The zero-order valence-corrected chi connectivity index (χ0v) is 20.1. The number of hydrogen-bond donors (Lipinski definition) is 2. The Morgan fingerprint density at radius 3 is 2.69 bits per heavy atom. The number of aryl methyl sites for hydroxylation is 2. The Bertz CT molecular complexity index is 1510. The summed E-state index contributed by atoms with van der Waals surface area (Å²) in [5, 5.41) is 8.76. The molecule has 2 N–H and O–H groups in total. The fourth-order valence-corrected chi connectivity index (χ4v) is 4.40. The van der Waals surface area contributed by atoms with Gasteiger partial charge in [0.25, 0.3) is 11.8 Å². The second-order valence-corrected chi connectivity index (χ2v) is 8.92. The van der Waals surface area contributed by atoms with Crippen molar-refractivity contribution < 1.29 is 14.0 Å². The first-order valence-electron chi connectivity index (χ1n) is 11.3. The van der Waals surface area contributed by atoms with Crippen LogP contribution in [0.25, 0.3) is 10.9 Å². The number of para-hydroxylation sites is 1. The SMILES string of the molecule is Cc1ccc(NC(=O)c2oc3c(c2C)/C(=N/NC(=O)c2ccc4ccccc4n2)CCC3)cc1Cl. The molecule has 4 aromatic rings. The van der Waals surface area contributed by atoms with Crippen molar-refractivity contribution in [3.05, 3.63) is 93.5 Å². The highest BCUT2D eigenvalue weighted by Gasteiger charge is 2.28. The van der Waals surface area contributed by atoms with E-state index in [9.17, 15) is 9.59 Å². The Balaban J connectivity index is 1.37. The maximum atomic E-state index is 12.9. The Kier molecular flexibility index (Phi) is 6.09. The predicted octanol–water partition coefficient (Wildman–Crippen LogP) is 5.82. The highest BCUT2D eigenvalue weighted by molar-refractivity contribution is 6.31. The quantitative estimate of drug-likeness (QED) is 0.355. The summed E-state index contributed by atoms with van der Waals surface area (Å²) >= 11 is 6.18. The van der Waals surface area contributed by atoms with Crippen molar-refractivity contribution in [1.82, 2.24) is 10.4 Å². The molecule has 5 rings (SSSR count). The lowest BCUT2D eigenvalue weighted by molar-refractivity contribution is 0.0949. The second kappa shape index (κ2) is 9.35. The Morgan fingerprint density at radius 2 is 1.86 bits per heavy atom. The van der Waals surface area contributed by atoms with Gasteiger partial charge in [-0.2, -0.15) is 5.10 Å². The zero-order chi connectivity index (χ0) is 24.5. The number of anilines is 1. The van der Waals surface area contributed by atoms with Crippen LogP contribution >= 0.6 is 11.6 Å². The molecule has 7 nitrogen and oxygen atoms in total. The summed E-state index contributed by atoms with van der Waals surface area (Å²) in [6, 6.07) is 16.5. The lowest BCUT2D eigenvalue weighted by Crippen LogP contribution is -2.23. The second-order valence-electron chi connectivity index (χ2n) is 8.51. The van der Waals surface area contributed by atoms with Gasteiger partial charge in [-0.3, -0.25) is 9.59 Å². The van der Waals surface area contributed by atoms with E-state index in [1.54, 1.807) is 18.2 Å². The minimum absolute atomic E-state index is 0.226. The van der Waals surface area contributed by atoms with Gasteiger partial charge >= 0.3 is 0 Å². The average molecular weight is 487 g/mol. The number of pyridine rings is 1. The predicted molar refractivity (Wildman–Crippen MR) is 136 cm³/mol. The van der Waals surface area contributed by atoms with Gasteiger partial charge in [-0.1, -0.05) is 41.9 Å². The van der Waals surface area contributed by atoms with E-state index >= 15 is 0 Å². The summed E-state index contributed by atoms with van der Waals surface area (Å²) < 4.78 is 5.94. The molecule has 35 heavy (non-hydrogen) atoms. The number of furan rings is 1. The van der Waals surface area contributed by atoms with Crippen LogP contribution in [0.3, 0.4) is 0 Å². The molecule has 2 heterocycles. The van der Waals surface area contributed by atoms with Crippen LogP contribution in [0.4, 0.5) is 5.69 Å². The fraction of sp³-hybridized carbons (Fsp3) is 0.185. The molecule has 8 heteroatoms. The van der Waals surface area contributed by atoms with Gasteiger partial charge in [0.2, 0.25) is 0 Å². The van der Waals surface area contributed by atoms with E-state index in [1.165, 1.54) is 0 Å². The smallest absolute Gasteiger partial charge is 0.291 e. The van der Waals surface area contributed by atoms with E-state index in [2.05, 4.69) is 20.8 Å². The van der Waals surface area contributed by atoms with Crippen LogP contribution in [-0.2, 0) is 6.42 Å². The molecule has 0 atom stereocenters. The van der Waals surface area contributed by atoms with Crippen molar-refractivity contribution in [2.45, 2.75) is 33.1 Å². The topological polar surface area (TPSA) is 96.6 Å². The molecule has 0 unspecified atom stereocenters. The van der Waals surface area contributed by atoms with Gasteiger partial charge in [-0.15, -0.1) is 0 Å². The minimum atomic E-state index is -0.397. The van der Waals surface area contributed by atoms with Crippen molar-refractivity contribution in [2.24, 2.45) is 5.10 Å². The van der Waals surface area contributed by atoms with Crippen LogP contribution in [0.15, 0.2) is 64.1 Å². The largest absolute Gasteiger partial charge is 0.455 e. The normalized spacial score (nSPS) is 14.1. The van der Waals surface area contributed by atoms with Crippen molar-refractivity contribution in [3.8, 4) is 0 Å². The van der Waals surface area contributed by atoms with Crippen molar-refractivity contribution in [3.63, 3.8) is 0 Å². The highest BCUT2D eigenvalue weighted by atomic mass is 35.5. The van der Waals surface area contributed by atoms with Crippen molar-refractivity contribution >= 4 is 45.7 Å². The van der Waals surface area contributed by atoms with E-state index in [4.69, 9.17) is 16.0 Å². The first-order chi connectivity index (χ1) is 16.9. The van der Waals surface area contributed by atoms with Gasteiger partial charge in [0.05, 0.1) is 11.2 Å². The molecule has 0 bridgehead atoms. The van der Waals surface area contributed by atoms with E-state index < -0.39 is 5.91 Å². The number of hydrazone groups is 1. The van der Waals surface area contributed by atoms with Crippen LogP contribution in [0.1, 0.15) is 56.3 Å². The van der Waals surface area contributed by atoms with Crippen LogP contribution in [0.5, 0.6) is 0 Å². The number of nitrogens with zero attached hydrogens (tertiary/aromatic N) is 2. The molecular formula is C27H23ClN4O3. The number of benzene rings is 2. The molecule has 1 aliphatic carbocycles. The third kappa shape index (κ3) is 4.55. The number of carbonyl (C=O) groups is 2. The third-order valence-electron chi connectivity index (χ3n) is 6.09. The van der Waals surface area contributed by atoms with E-state index in [0.29, 0.717) is 40.6 Å². The number of rotatable bonds is 4. The molecule has 0 saturated carbocycles. The van der Waals surface area contributed by atoms with Crippen LogP contribution in [0.2, 0.25) is 5.02 Å². The summed E-state index contributed by atoms with van der Waals surface area (Å²) in [4.78, 5) is 30.1. The zero-order valence-electron chi connectivity index (χ0n) is 19.3. The molecule has 0 aliphatic heterocycles. The Hall–Kier alpha value is -3.97. The summed E-state index contributed by atoms with van der Waals surface area (Å²) in [5.74, 6) is 0.160. The summed E-state index contributed by atoms with van der Waals surface area (Å²) in [5.41, 5.74) is 7.30. The molecular weight excluding hydrogens is 464 g/mol. The van der Waals surface area contributed by atoms with Crippen LogP contribution in [-0.4, -0.2) is 22.5 Å². The molecule has 1 aliphatic rings. The fourth-order valence-electron chi connectivity index (χ4n) is 4.22. The minimum Gasteiger partial charge on any atom is -0.455 e. The van der Waals surface area contributed by atoms with Gasteiger partial charge in [0, 0.05) is 33.6 Å². The number of halogens is 1. The molecule has 2 aromatic carbocycles. The molecule has 0 fully saturated rings. The Labute approximate surface area is 207 Å². The lowest BCUT2D eigenvalue weighted by Gasteiger charge is -2.13.